The van der Waals surface area contributed by atoms with Crippen LogP contribution in [-0.4, -0.2) is 35.8 Å². The molecule has 18 heavy (non-hydrogen) atoms. The van der Waals surface area contributed by atoms with E-state index in [0.29, 0.717) is 5.92 Å². The van der Waals surface area contributed by atoms with Crippen molar-refractivity contribution in [3.05, 3.63) is 0 Å². The third kappa shape index (κ3) is 2.52. The first-order valence-electron chi connectivity index (χ1n) is 7.07. The van der Waals surface area contributed by atoms with E-state index in [1.807, 2.05) is 0 Å². The number of nitrogens with one attached hydrogen (secondary N) is 1. The van der Waals surface area contributed by atoms with E-state index in [9.17, 15) is 9.59 Å². The Bertz CT molecular complexity index is 341. The molecule has 2 amide bonds. The Kier molecular flexibility index (Phi) is 3.93. The number of amides is 2. The van der Waals surface area contributed by atoms with E-state index in [1.54, 1.807) is 11.9 Å². The number of carbonyl (C=O) groups is 2. The Labute approximate surface area is 109 Å². The first-order valence-corrected chi connectivity index (χ1v) is 7.07. The fourth-order valence-corrected chi connectivity index (χ4v) is 3.18. The third-order valence-electron chi connectivity index (χ3n) is 4.22. The standard InChI is InChI=1S/C14H24N2O2/c1-9(2)8-12-13(17)15-11-7-5-4-6-10(11)14(18)16(12)3/h9-12H,4-8H2,1-3H3,(H,15,17)/t10-,11+,12-/m0/s1. The van der Waals surface area contributed by atoms with Gasteiger partial charge in [0.15, 0.2) is 0 Å². The van der Waals surface area contributed by atoms with Crippen LogP contribution in [0.15, 0.2) is 0 Å². The van der Waals surface area contributed by atoms with E-state index >= 15 is 0 Å². The van der Waals surface area contributed by atoms with Crippen LogP contribution in [0.2, 0.25) is 0 Å². The fraction of sp³-hybridized carbons (Fsp3) is 0.857. The van der Waals surface area contributed by atoms with Gasteiger partial charge in [-0.25, -0.2) is 0 Å². The van der Waals surface area contributed by atoms with Gasteiger partial charge in [0.05, 0.1) is 5.92 Å². The van der Waals surface area contributed by atoms with Crippen molar-refractivity contribution in [1.29, 1.82) is 0 Å². The average molecular weight is 252 g/mol. The van der Waals surface area contributed by atoms with Gasteiger partial charge >= 0.3 is 0 Å². The Morgan fingerprint density at radius 1 is 1.28 bits per heavy atom. The molecule has 4 heteroatoms. The lowest BCUT2D eigenvalue weighted by atomic mass is 9.84. The van der Waals surface area contributed by atoms with Crippen molar-refractivity contribution in [2.75, 3.05) is 7.05 Å². The predicted octanol–water partition coefficient (Wildman–Crippen LogP) is 1.55. The van der Waals surface area contributed by atoms with Crippen LogP contribution in [0, 0.1) is 11.8 Å². The first kappa shape index (κ1) is 13.4. The minimum atomic E-state index is -0.289. The molecule has 0 radical (unpaired) electrons. The van der Waals surface area contributed by atoms with Crippen molar-refractivity contribution < 1.29 is 9.59 Å². The summed E-state index contributed by atoms with van der Waals surface area (Å²) in [6.45, 7) is 4.17. The zero-order valence-electron chi connectivity index (χ0n) is 11.6. The quantitative estimate of drug-likeness (QED) is 0.810. The second-order valence-electron chi connectivity index (χ2n) is 6.10. The Morgan fingerprint density at radius 2 is 1.94 bits per heavy atom. The van der Waals surface area contributed by atoms with E-state index in [4.69, 9.17) is 0 Å². The van der Waals surface area contributed by atoms with E-state index < -0.39 is 0 Å². The van der Waals surface area contributed by atoms with Gasteiger partial charge in [0.1, 0.15) is 6.04 Å². The molecule has 0 spiro atoms. The number of likely N-dealkylation sites (N-methyl/N-ethyl adjacent to an activating group) is 1. The molecule has 1 saturated heterocycles. The number of fused-ring (bicyclic) bond motifs is 1. The van der Waals surface area contributed by atoms with Crippen LogP contribution < -0.4 is 5.32 Å². The molecule has 4 nitrogen and oxygen atoms in total. The lowest BCUT2D eigenvalue weighted by Gasteiger charge is -2.30. The fourth-order valence-electron chi connectivity index (χ4n) is 3.18. The van der Waals surface area contributed by atoms with Crippen LogP contribution in [0.1, 0.15) is 46.0 Å². The van der Waals surface area contributed by atoms with Crippen LogP contribution in [-0.2, 0) is 9.59 Å². The molecule has 0 aromatic carbocycles. The summed E-state index contributed by atoms with van der Waals surface area (Å²) in [7, 11) is 1.78. The molecule has 0 bridgehead atoms. The highest BCUT2D eigenvalue weighted by Crippen LogP contribution is 2.29. The molecule has 3 atom stereocenters. The maximum atomic E-state index is 12.5. The molecule has 2 fully saturated rings. The lowest BCUT2D eigenvalue weighted by Crippen LogP contribution is -2.45. The van der Waals surface area contributed by atoms with Gasteiger partial charge in [0.2, 0.25) is 11.8 Å². The van der Waals surface area contributed by atoms with Gasteiger partial charge in [0, 0.05) is 13.1 Å². The summed E-state index contributed by atoms with van der Waals surface area (Å²) >= 11 is 0. The first-order chi connectivity index (χ1) is 8.50. The number of hydrogen-bond donors (Lipinski definition) is 1. The monoisotopic (exact) mass is 252 g/mol. The predicted molar refractivity (Wildman–Crippen MR) is 69.9 cm³/mol. The van der Waals surface area contributed by atoms with Crippen LogP contribution >= 0.6 is 0 Å². The molecule has 2 rings (SSSR count). The van der Waals surface area contributed by atoms with Gasteiger partial charge in [-0.3, -0.25) is 9.59 Å². The molecular weight excluding hydrogens is 228 g/mol. The lowest BCUT2D eigenvalue weighted by molar-refractivity contribution is -0.139. The third-order valence-corrected chi connectivity index (χ3v) is 4.22. The van der Waals surface area contributed by atoms with Gasteiger partial charge in [-0.1, -0.05) is 26.7 Å². The Morgan fingerprint density at radius 3 is 2.61 bits per heavy atom. The highest BCUT2D eigenvalue weighted by Gasteiger charge is 2.41. The summed E-state index contributed by atoms with van der Waals surface area (Å²) < 4.78 is 0. The smallest absolute Gasteiger partial charge is 0.243 e. The molecule has 1 N–H and O–H groups in total. The highest BCUT2D eigenvalue weighted by atomic mass is 16.2. The molecule has 2 aliphatic rings. The number of nitrogens with zero attached hydrogens (tertiary/aromatic N) is 1. The van der Waals surface area contributed by atoms with Gasteiger partial charge < -0.3 is 10.2 Å². The zero-order chi connectivity index (χ0) is 13.3. The molecule has 0 aromatic rings. The second kappa shape index (κ2) is 5.29. The van der Waals surface area contributed by atoms with Gasteiger partial charge in [-0.15, -0.1) is 0 Å². The van der Waals surface area contributed by atoms with Crippen molar-refractivity contribution in [2.45, 2.75) is 58.0 Å². The maximum absolute atomic E-state index is 12.5. The largest absolute Gasteiger partial charge is 0.351 e. The molecule has 1 heterocycles. The Balaban J connectivity index is 2.20. The normalized spacial score (nSPS) is 33.1. The van der Waals surface area contributed by atoms with Crippen LogP contribution in [0.25, 0.3) is 0 Å². The summed E-state index contributed by atoms with van der Waals surface area (Å²) in [5, 5.41) is 3.10. The van der Waals surface area contributed by atoms with Gasteiger partial charge in [-0.2, -0.15) is 0 Å². The molecular formula is C14H24N2O2. The average Bonchev–Trinajstić information content (AvgIpc) is 2.41. The van der Waals surface area contributed by atoms with Crippen LogP contribution in [0.4, 0.5) is 0 Å². The SMILES string of the molecule is CC(C)C[C@H]1C(=O)N[C@@H]2CCCC[C@@H]2C(=O)N1C. The summed E-state index contributed by atoms with van der Waals surface area (Å²) in [6.07, 6.45) is 4.83. The van der Waals surface area contributed by atoms with Crippen LogP contribution in [0.3, 0.4) is 0 Å². The van der Waals surface area contributed by atoms with Gasteiger partial charge in [-0.05, 0) is 25.2 Å². The van der Waals surface area contributed by atoms with Crippen molar-refractivity contribution >= 4 is 11.8 Å². The molecule has 102 valence electrons. The number of hydrogen-bond acceptors (Lipinski definition) is 2. The molecule has 1 saturated carbocycles. The van der Waals surface area contributed by atoms with E-state index in [1.165, 1.54) is 0 Å². The van der Waals surface area contributed by atoms with E-state index in [-0.39, 0.29) is 29.8 Å². The summed E-state index contributed by atoms with van der Waals surface area (Å²) in [6, 6.07) is -0.221. The number of carbonyl (C=O) groups excluding carboxylic acids is 2. The minimum absolute atomic E-state index is 0.00450. The Hall–Kier alpha value is -1.06. The topological polar surface area (TPSA) is 49.4 Å². The zero-order valence-corrected chi connectivity index (χ0v) is 11.6. The minimum Gasteiger partial charge on any atom is -0.351 e. The molecule has 1 aliphatic heterocycles. The maximum Gasteiger partial charge on any atom is 0.243 e. The molecule has 1 aliphatic carbocycles. The summed E-state index contributed by atoms with van der Waals surface area (Å²) in [5.74, 6) is 0.610. The van der Waals surface area contributed by atoms with Crippen molar-refractivity contribution in [3.8, 4) is 0 Å². The van der Waals surface area contributed by atoms with Crippen molar-refractivity contribution in [3.63, 3.8) is 0 Å². The summed E-state index contributed by atoms with van der Waals surface area (Å²) in [4.78, 5) is 26.4. The van der Waals surface area contributed by atoms with E-state index in [0.717, 1.165) is 32.1 Å². The highest BCUT2D eigenvalue weighted by molar-refractivity contribution is 5.91. The van der Waals surface area contributed by atoms with Crippen molar-refractivity contribution in [2.24, 2.45) is 11.8 Å². The molecule has 0 aromatic heterocycles. The summed E-state index contributed by atoms with van der Waals surface area (Å²) in [5.41, 5.74) is 0. The molecule has 0 unspecified atom stereocenters. The second-order valence-corrected chi connectivity index (χ2v) is 6.10. The van der Waals surface area contributed by atoms with E-state index in [2.05, 4.69) is 19.2 Å². The van der Waals surface area contributed by atoms with Crippen molar-refractivity contribution in [1.82, 2.24) is 10.2 Å². The van der Waals surface area contributed by atoms with Gasteiger partial charge in [0.25, 0.3) is 0 Å². The van der Waals surface area contributed by atoms with Crippen LogP contribution in [0.5, 0.6) is 0 Å². The number of rotatable bonds is 2.